The van der Waals surface area contributed by atoms with Crippen LogP contribution >= 0.6 is 0 Å². The average Bonchev–Trinajstić information content (AvgIpc) is 3.24. The third-order valence-corrected chi connectivity index (χ3v) is 10.3. The van der Waals surface area contributed by atoms with Crippen LogP contribution in [0.2, 0.25) is 0 Å². The summed E-state index contributed by atoms with van der Waals surface area (Å²) in [6.07, 6.45) is 4.36. The fourth-order valence-electron chi connectivity index (χ4n) is 7.20. The Balaban J connectivity index is 0.967. The number of nitrogens with zero attached hydrogens (tertiary/aromatic N) is 4. The van der Waals surface area contributed by atoms with Crippen molar-refractivity contribution in [3.05, 3.63) is 138 Å². The Morgan fingerprint density at radius 1 is 0.786 bits per heavy atom. The molecule has 12 nitrogen and oxygen atoms in total. The van der Waals surface area contributed by atoms with E-state index in [1.807, 2.05) is 60.7 Å². The van der Waals surface area contributed by atoms with Gasteiger partial charge in [-0.3, -0.25) is 14.5 Å². The molecular weight excluding hydrogens is 707 g/mol. The smallest absolute Gasteiger partial charge is 0.225 e. The van der Waals surface area contributed by atoms with Crippen molar-refractivity contribution in [2.75, 3.05) is 48.7 Å². The maximum Gasteiger partial charge on any atom is 0.225 e. The third-order valence-electron chi connectivity index (χ3n) is 10.3. The van der Waals surface area contributed by atoms with E-state index in [9.17, 15) is 14.7 Å². The number of amides is 2. The van der Waals surface area contributed by atoms with E-state index in [0.717, 1.165) is 72.1 Å². The van der Waals surface area contributed by atoms with E-state index in [-0.39, 0.29) is 43.5 Å². The molecule has 1 aromatic heterocycles. The number of aromatic nitrogens is 2. The molecule has 0 bridgehead atoms. The van der Waals surface area contributed by atoms with Gasteiger partial charge in [-0.15, -0.1) is 0 Å². The molecule has 290 valence electrons. The van der Waals surface area contributed by atoms with Crippen molar-refractivity contribution < 1.29 is 24.2 Å². The van der Waals surface area contributed by atoms with Crippen molar-refractivity contribution in [1.82, 2.24) is 20.2 Å². The van der Waals surface area contributed by atoms with E-state index in [1.54, 1.807) is 24.5 Å². The number of para-hydroxylation sites is 2. The van der Waals surface area contributed by atoms with Gasteiger partial charge in [-0.1, -0.05) is 84.9 Å². The number of piperazine rings is 1. The summed E-state index contributed by atoms with van der Waals surface area (Å²) < 4.78 is 13.3. The molecule has 12 heteroatoms. The van der Waals surface area contributed by atoms with Crippen molar-refractivity contribution in [2.24, 2.45) is 0 Å². The van der Waals surface area contributed by atoms with Gasteiger partial charge in [-0.2, -0.15) is 0 Å². The summed E-state index contributed by atoms with van der Waals surface area (Å²) in [4.78, 5) is 38.6. The maximum atomic E-state index is 12.8. The normalized spacial score (nSPS) is 18.7. The van der Waals surface area contributed by atoms with Crippen LogP contribution in [0.15, 0.2) is 116 Å². The summed E-state index contributed by atoms with van der Waals surface area (Å²) in [5.74, 6) is 0.474. The quantitative estimate of drug-likeness (QED) is 0.0991. The Morgan fingerprint density at radius 2 is 1.48 bits per heavy atom. The zero-order valence-electron chi connectivity index (χ0n) is 31.4. The van der Waals surface area contributed by atoms with E-state index in [4.69, 9.17) is 15.2 Å². The first-order chi connectivity index (χ1) is 27.4. The van der Waals surface area contributed by atoms with Crippen LogP contribution in [-0.2, 0) is 32.2 Å². The molecule has 2 aliphatic rings. The molecule has 2 saturated heterocycles. The van der Waals surface area contributed by atoms with Gasteiger partial charge in [0, 0.05) is 76.5 Å². The number of nitrogens with one attached hydrogen (secondary N) is 2. The highest BCUT2D eigenvalue weighted by molar-refractivity contribution is 5.94. The van der Waals surface area contributed by atoms with Crippen LogP contribution in [0.4, 0.5) is 17.3 Å². The Hall–Kier alpha value is -5.66. The van der Waals surface area contributed by atoms with E-state index in [2.05, 4.69) is 60.7 Å². The molecule has 0 radical (unpaired) electrons. The minimum Gasteiger partial charge on any atom is -0.397 e. The van der Waals surface area contributed by atoms with Gasteiger partial charge in [0.2, 0.25) is 17.8 Å². The number of rotatable bonds is 14. The molecule has 2 fully saturated rings. The Bertz CT molecular complexity index is 2040. The molecule has 7 rings (SSSR count). The van der Waals surface area contributed by atoms with E-state index >= 15 is 0 Å². The van der Waals surface area contributed by atoms with Crippen molar-refractivity contribution in [1.29, 1.82) is 0 Å². The lowest BCUT2D eigenvalue weighted by Gasteiger charge is -2.40. The summed E-state index contributed by atoms with van der Waals surface area (Å²) in [5.41, 5.74) is 12.9. The first kappa shape index (κ1) is 38.6. The van der Waals surface area contributed by atoms with Gasteiger partial charge in [0.05, 0.1) is 30.2 Å². The summed E-state index contributed by atoms with van der Waals surface area (Å²) in [5, 5.41) is 15.4. The highest BCUT2D eigenvalue weighted by Crippen LogP contribution is 2.39. The molecule has 0 aliphatic carbocycles. The molecule has 5 aromatic rings. The molecular formula is C44H49N7O5. The summed E-state index contributed by atoms with van der Waals surface area (Å²) >= 11 is 0. The highest BCUT2D eigenvalue weighted by atomic mass is 16.7. The highest BCUT2D eigenvalue weighted by Gasteiger charge is 2.34. The molecule has 4 aromatic carbocycles. The minimum atomic E-state index is -0.564. The molecule has 56 heavy (non-hydrogen) atoms. The Kier molecular flexibility index (Phi) is 13.0. The number of benzene rings is 4. The zero-order chi connectivity index (χ0) is 38.7. The predicted molar refractivity (Wildman–Crippen MR) is 216 cm³/mol. The Morgan fingerprint density at radius 3 is 2.23 bits per heavy atom. The monoisotopic (exact) mass is 755 g/mol. The average molecular weight is 756 g/mol. The third kappa shape index (κ3) is 10.1. The number of hydrogen-bond donors (Lipinski definition) is 4. The fourth-order valence-corrected chi connectivity index (χ4v) is 7.20. The van der Waals surface area contributed by atoms with Crippen molar-refractivity contribution in [2.45, 2.75) is 57.3 Å². The van der Waals surface area contributed by atoms with Gasteiger partial charge in [0.25, 0.3) is 0 Å². The number of aliphatic hydroxyl groups excluding tert-OH is 1. The molecule has 3 unspecified atom stereocenters. The zero-order valence-corrected chi connectivity index (χ0v) is 31.4. The number of nitrogen functional groups attached to an aromatic ring is 1. The predicted octanol–water partition coefficient (Wildman–Crippen LogP) is 6.01. The standard InChI is InChI=1S/C44H49N7O5/c45-38-9-3-4-10-39(38)49-42(54)12-5-11-41(53)48-28-35-7-1-2-8-37(35)32-17-19-34(20-18-32)43-55-36(27-40(56-43)33-15-13-31(30-52)14-16-33)29-50-23-25-51(26-24-50)44-46-21-6-22-47-44/h1-4,6-10,13-22,36,40,43,52H,5,11-12,23-30,45H2,(H,48,53)(H,49,54). The van der Waals surface area contributed by atoms with Crippen molar-refractivity contribution in [3.8, 4) is 11.1 Å². The second kappa shape index (κ2) is 18.8. The first-order valence-electron chi connectivity index (χ1n) is 19.3. The van der Waals surface area contributed by atoms with Crippen molar-refractivity contribution in [3.63, 3.8) is 0 Å². The molecule has 0 spiro atoms. The maximum absolute atomic E-state index is 12.8. The van der Waals surface area contributed by atoms with Gasteiger partial charge in [-0.25, -0.2) is 9.97 Å². The lowest BCUT2D eigenvalue weighted by Crippen LogP contribution is -2.50. The number of nitrogens with two attached hydrogens (primary N) is 1. The number of carbonyl (C=O) groups is 2. The second-order valence-corrected chi connectivity index (χ2v) is 14.2. The molecule has 5 N–H and O–H groups in total. The fraction of sp³-hybridized carbons (Fsp3) is 0.318. The lowest BCUT2D eigenvalue weighted by molar-refractivity contribution is -0.253. The topological polar surface area (TPSA) is 155 Å². The van der Waals surface area contributed by atoms with Gasteiger partial charge in [0.15, 0.2) is 6.29 Å². The number of ether oxygens (including phenoxy) is 2. The van der Waals surface area contributed by atoms with Crippen molar-refractivity contribution >= 4 is 29.1 Å². The molecule has 2 amide bonds. The van der Waals surface area contributed by atoms with Crippen LogP contribution in [0.3, 0.4) is 0 Å². The van der Waals surface area contributed by atoms with E-state index in [1.165, 1.54) is 0 Å². The van der Waals surface area contributed by atoms with Crippen LogP contribution in [-0.4, -0.2) is 70.6 Å². The molecule has 3 atom stereocenters. The van der Waals surface area contributed by atoms with E-state index in [0.29, 0.717) is 30.8 Å². The van der Waals surface area contributed by atoms with Crippen LogP contribution in [0.5, 0.6) is 0 Å². The molecule has 0 saturated carbocycles. The number of aliphatic hydroxyl groups is 1. The first-order valence-corrected chi connectivity index (χ1v) is 19.3. The van der Waals surface area contributed by atoms with Crippen LogP contribution in [0, 0.1) is 0 Å². The molecule has 3 heterocycles. The van der Waals surface area contributed by atoms with Gasteiger partial charge < -0.3 is 35.8 Å². The van der Waals surface area contributed by atoms with Crippen LogP contribution < -0.4 is 21.3 Å². The lowest BCUT2D eigenvalue weighted by atomic mass is 9.97. The number of anilines is 3. The van der Waals surface area contributed by atoms with Gasteiger partial charge >= 0.3 is 0 Å². The SMILES string of the molecule is Nc1ccccc1NC(=O)CCCC(=O)NCc1ccccc1-c1ccc(C2OC(CN3CCN(c4ncccn4)CC3)CC(c3ccc(CO)cc3)O2)cc1. The van der Waals surface area contributed by atoms with E-state index < -0.39 is 6.29 Å². The van der Waals surface area contributed by atoms with Crippen LogP contribution in [0.25, 0.3) is 11.1 Å². The largest absolute Gasteiger partial charge is 0.397 e. The Labute approximate surface area is 327 Å². The molecule has 2 aliphatic heterocycles. The van der Waals surface area contributed by atoms with Gasteiger partial charge in [-0.05, 0) is 52.4 Å². The van der Waals surface area contributed by atoms with Gasteiger partial charge in [0.1, 0.15) is 0 Å². The number of carbonyl (C=O) groups excluding carboxylic acids is 2. The summed E-state index contributed by atoms with van der Waals surface area (Å²) in [6, 6.07) is 33.2. The second-order valence-electron chi connectivity index (χ2n) is 14.2. The summed E-state index contributed by atoms with van der Waals surface area (Å²) in [6.45, 7) is 4.60. The summed E-state index contributed by atoms with van der Waals surface area (Å²) in [7, 11) is 0. The number of hydrogen-bond acceptors (Lipinski definition) is 10. The minimum absolute atomic E-state index is 0.00574. The van der Waals surface area contributed by atoms with Crippen LogP contribution in [0.1, 0.15) is 60.3 Å².